The third-order valence-corrected chi connectivity index (χ3v) is 7.44. The van der Waals surface area contributed by atoms with Crippen LogP contribution in [-0.4, -0.2) is 82.4 Å². The monoisotopic (exact) mass is 487 g/mol. The predicted octanol–water partition coefficient (Wildman–Crippen LogP) is 2.38. The fourth-order valence-corrected chi connectivity index (χ4v) is 5.42. The third-order valence-electron chi connectivity index (χ3n) is 6.06. The summed E-state index contributed by atoms with van der Waals surface area (Å²) >= 11 is 6.68. The molecule has 2 fully saturated rings. The van der Waals surface area contributed by atoms with Crippen molar-refractivity contribution in [2.45, 2.75) is 20.3 Å². The van der Waals surface area contributed by atoms with Crippen molar-refractivity contribution >= 4 is 51.7 Å². The molecule has 10 heteroatoms. The number of thiocarbonyl (C=S) groups is 1. The van der Waals surface area contributed by atoms with Crippen molar-refractivity contribution in [1.29, 1.82) is 0 Å². The van der Waals surface area contributed by atoms with Gasteiger partial charge in [-0.3, -0.25) is 18.9 Å². The summed E-state index contributed by atoms with van der Waals surface area (Å²) in [6.07, 6.45) is 4.10. The maximum Gasteiger partial charge on any atom is 0.267 e. The Morgan fingerprint density at radius 2 is 2.00 bits per heavy atom. The van der Waals surface area contributed by atoms with Gasteiger partial charge in [-0.05, 0) is 37.6 Å². The lowest BCUT2D eigenvalue weighted by atomic mass is 10.2. The van der Waals surface area contributed by atoms with E-state index in [9.17, 15) is 9.59 Å². The van der Waals surface area contributed by atoms with E-state index in [0.717, 1.165) is 38.3 Å². The van der Waals surface area contributed by atoms with Crippen molar-refractivity contribution in [1.82, 2.24) is 19.2 Å². The van der Waals surface area contributed by atoms with Gasteiger partial charge in [-0.2, -0.15) is 0 Å². The highest BCUT2D eigenvalue weighted by molar-refractivity contribution is 8.26. The molecule has 0 bridgehead atoms. The van der Waals surface area contributed by atoms with E-state index in [1.807, 2.05) is 19.1 Å². The molecule has 0 saturated carbocycles. The summed E-state index contributed by atoms with van der Waals surface area (Å²) in [6, 6.07) is 3.79. The van der Waals surface area contributed by atoms with Gasteiger partial charge in [0.25, 0.3) is 11.5 Å². The Bertz CT molecular complexity index is 1150. The first-order chi connectivity index (χ1) is 15.9. The third kappa shape index (κ3) is 4.84. The van der Waals surface area contributed by atoms with Gasteiger partial charge in [-0.25, -0.2) is 4.98 Å². The summed E-state index contributed by atoms with van der Waals surface area (Å²) in [6.45, 7) is 9.53. The summed E-state index contributed by atoms with van der Waals surface area (Å²) in [5, 5.41) is 0. The van der Waals surface area contributed by atoms with Crippen molar-refractivity contribution in [2.24, 2.45) is 0 Å². The average Bonchev–Trinajstić information content (AvgIpc) is 3.09. The van der Waals surface area contributed by atoms with E-state index in [2.05, 4.69) is 16.7 Å². The van der Waals surface area contributed by atoms with Crippen LogP contribution in [0.25, 0.3) is 11.7 Å². The van der Waals surface area contributed by atoms with Gasteiger partial charge in [-0.1, -0.05) is 37.0 Å². The SMILES string of the molecule is CCN1CCN(c2nc3c(C)cccn3c(=O)c2C=C2SC(=S)N(CCCOC)C2=O)CC1. The van der Waals surface area contributed by atoms with E-state index >= 15 is 0 Å². The number of hydrogen-bond acceptors (Lipinski definition) is 8. The number of carbonyl (C=O) groups is 1. The number of pyridine rings is 1. The molecule has 33 heavy (non-hydrogen) atoms. The van der Waals surface area contributed by atoms with Crippen LogP contribution in [-0.2, 0) is 9.53 Å². The Balaban J connectivity index is 1.76. The molecule has 0 spiro atoms. The lowest BCUT2D eigenvalue weighted by Gasteiger charge is -2.35. The van der Waals surface area contributed by atoms with E-state index in [-0.39, 0.29) is 11.5 Å². The number of ether oxygens (including phenoxy) is 1. The number of carbonyl (C=O) groups excluding carboxylic acids is 1. The van der Waals surface area contributed by atoms with Gasteiger partial charge in [0, 0.05) is 52.6 Å². The first kappa shape index (κ1) is 23.9. The second-order valence-corrected chi connectivity index (χ2v) is 9.82. The Morgan fingerprint density at radius 3 is 2.70 bits per heavy atom. The van der Waals surface area contributed by atoms with Gasteiger partial charge >= 0.3 is 0 Å². The smallest absolute Gasteiger partial charge is 0.267 e. The average molecular weight is 488 g/mol. The number of likely N-dealkylation sites (N-methyl/N-ethyl adjacent to an activating group) is 1. The lowest BCUT2D eigenvalue weighted by Crippen LogP contribution is -2.47. The number of piperazine rings is 1. The first-order valence-electron chi connectivity index (χ1n) is 11.2. The summed E-state index contributed by atoms with van der Waals surface area (Å²) in [7, 11) is 1.63. The van der Waals surface area contributed by atoms with Crippen molar-refractivity contribution in [3.05, 3.63) is 44.7 Å². The highest BCUT2D eigenvalue weighted by atomic mass is 32.2. The normalized spacial score (nSPS) is 18.8. The van der Waals surface area contributed by atoms with Crippen LogP contribution in [0.2, 0.25) is 0 Å². The molecule has 2 aromatic heterocycles. The standard InChI is InChI=1S/C23H29N5O3S2/c1-4-25-10-12-26(13-11-25)20-17(21(29)27-8-5-7-16(2)19(27)24-20)15-18-22(30)28(23(32)33-18)9-6-14-31-3/h5,7-8,15H,4,6,9-14H2,1-3H3. The molecule has 2 aliphatic heterocycles. The molecule has 1 amide bonds. The number of hydrogen-bond donors (Lipinski definition) is 0. The molecule has 2 saturated heterocycles. The molecule has 0 aromatic carbocycles. The topological polar surface area (TPSA) is 70.4 Å². The maximum atomic E-state index is 13.6. The number of rotatable bonds is 7. The molecule has 8 nitrogen and oxygen atoms in total. The molecule has 2 aromatic rings. The van der Waals surface area contributed by atoms with Gasteiger partial charge in [0.1, 0.15) is 15.8 Å². The zero-order valence-electron chi connectivity index (χ0n) is 19.2. The van der Waals surface area contributed by atoms with Crippen LogP contribution >= 0.6 is 24.0 Å². The van der Waals surface area contributed by atoms with Gasteiger partial charge in [-0.15, -0.1) is 0 Å². The number of anilines is 1. The van der Waals surface area contributed by atoms with E-state index < -0.39 is 0 Å². The molecule has 0 unspecified atom stereocenters. The molecule has 4 rings (SSSR count). The number of thioether (sulfide) groups is 1. The minimum atomic E-state index is -0.179. The first-order valence-corrected chi connectivity index (χ1v) is 12.4. The Morgan fingerprint density at radius 1 is 1.24 bits per heavy atom. The van der Waals surface area contributed by atoms with Crippen LogP contribution in [0, 0.1) is 6.92 Å². The van der Waals surface area contributed by atoms with Crippen LogP contribution < -0.4 is 10.5 Å². The maximum absolute atomic E-state index is 13.6. The number of aryl methyl sites for hydroxylation is 1. The summed E-state index contributed by atoms with van der Waals surface area (Å²) in [5.74, 6) is 0.464. The van der Waals surface area contributed by atoms with Crippen molar-refractivity contribution in [3.8, 4) is 0 Å². The Hall–Kier alpha value is -2.27. The van der Waals surface area contributed by atoms with Crippen LogP contribution in [0.5, 0.6) is 0 Å². The summed E-state index contributed by atoms with van der Waals surface area (Å²) in [5.41, 5.74) is 1.82. The second kappa shape index (κ2) is 10.3. The van der Waals surface area contributed by atoms with Crippen molar-refractivity contribution in [3.63, 3.8) is 0 Å². The van der Waals surface area contributed by atoms with Crippen LogP contribution in [0.1, 0.15) is 24.5 Å². The van der Waals surface area contributed by atoms with Crippen LogP contribution in [0.15, 0.2) is 28.0 Å². The molecule has 2 aliphatic rings. The van der Waals surface area contributed by atoms with E-state index in [1.54, 1.807) is 28.7 Å². The summed E-state index contributed by atoms with van der Waals surface area (Å²) in [4.78, 5) is 38.2. The van der Waals surface area contributed by atoms with Gasteiger partial charge in [0.05, 0.1) is 10.5 Å². The Kier molecular flexibility index (Phi) is 7.48. The zero-order valence-corrected chi connectivity index (χ0v) is 20.9. The number of nitrogens with zero attached hydrogens (tertiary/aromatic N) is 5. The largest absolute Gasteiger partial charge is 0.385 e. The van der Waals surface area contributed by atoms with E-state index in [1.165, 1.54) is 11.8 Å². The zero-order chi connectivity index (χ0) is 23.5. The van der Waals surface area contributed by atoms with Gasteiger partial charge in [0.15, 0.2) is 0 Å². The van der Waals surface area contributed by atoms with Crippen LogP contribution in [0.4, 0.5) is 5.82 Å². The minimum Gasteiger partial charge on any atom is -0.385 e. The molecule has 0 atom stereocenters. The van der Waals surface area contributed by atoms with E-state index in [0.29, 0.717) is 45.8 Å². The predicted molar refractivity (Wildman–Crippen MR) is 137 cm³/mol. The van der Waals surface area contributed by atoms with Crippen LogP contribution in [0.3, 0.4) is 0 Å². The number of methoxy groups -OCH3 is 1. The van der Waals surface area contributed by atoms with Crippen molar-refractivity contribution in [2.75, 3.05) is 57.9 Å². The van der Waals surface area contributed by atoms with Gasteiger partial charge < -0.3 is 14.5 Å². The molecule has 0 radical (unpaired) electrons. The Labute approximate surface area is 203 Å². The number of fused-ring (bicyclic) bond motifs is 1. The van der Waals surface area contributed by atoms with E-state index in [4.69, 9.17) is 21.9 Å². The molecule has 0 N–H and O–H groups in total. The number of amides is 1. The minimum absolute atomic E-state index is 0.170. The van der Waals surface area contributed by atoms with Crippen molar-refractivity contribution < 1.29 is 9.53 Å². The quantitative estimate of drug-likeness (QED) is 0.335. The molecule has 4 heterocycles. The molecule has 176 valence electrons. The van der Waals surface area contributed by atoms with Gasteiger partial charge in [0.2, 0.25) is 0 Å². The fraction of sp³-hybridized carbons (Fsp3) is 0.478. The number of aromatic nitrogens is 2. The summed E-state index contributed by atoms with van der Waals surface area (Å²) < 4.78 is 7.16. The molecular formula is C23H29N5O3S2. The fourth-order valence-electron chi connectivity index (χ4n) is 4.13. The highest BCUT2D eigenvalue weighted by Gasteiger charge is 2.33. The molecular weight excluding hydrogens is 458 g/mol. The second-order valence-electron chi connectivity index (χ2n) is 8.14. The lowest BCUT2D eigenvalue weighted by molar-refractivity contribution is -0.122. The molecule has 0 aliphatic carbocycles. The highest BCUT2D eigenvalue weighted by Crippen LogP contribution is 2.33.